The molecule has 4 aromatic rings. The van der Waals surface area contributed by atoms with Crippen LogP contribution in [-0.4, -0.2) is 30.5 Å². The molecule has 0 aliphatic rings. The number of carbonyl (C=O) groups excluding carboxylic acids is 1. The summed E-state index contributed by atoms with van der Waals surface area (Å²) in [5.41, 5.74) is 2.14. The lowest BCUT2D eigenvalue weighted by atomic mass is 10.1. The second-order valence-electron chi connectivity index (χ2n) is 7.08. The summed E-state index contributed by atoms with van der Waals surface area (Å²) in [4.78, 5) is 21.4. The first kappa shape index (κ1) is 20.5. The number of hydrogen-bond acceptors (Lipinski definition) is 7. The minimum atomic E-state index is -3.32. The van der Waals surface area contributed by atoms with Crippen molar-refractivity contribution in [1.82, 2.24) is 9.97 Å². The Morgan fingerprint density at radius 1 is 1.06 bits per heavy atom. The van der Waals surface area contributed by atoms with Crippen molar-refractivity contribution in [3.63, 3.8) is 0 Å². The van der Waals surface area contributed by atoms with Crippen molar-refractivity contribution >= 4 is 32.7 Å². The van der Waals surface area contributed by atoms with Crippen LogP contribution >= 0.6 is 0 Å². The molecule has 4 rings (SSSR count). The van der Waals surface area contributed by atoms with Gasteiger partial charge in [0.15, 0.2) is 27.1 Å². The highest BCUT2D eigenvalue weighted by molar-refractivity contribution is 7.90. The highest BCUT2D eigenvalue weighted by Gasteiger charge is 2.17. The smallest absolute Gasteiger partial charge is 0.257 e. The van der Waals surface area contributed by atoms with Gasteiger partial charge in [-0.15, -0.1) is 0 Å². The number of nitrogens with zero attached hydrogens (tertiary/aromatic N) is 2. The summed E-state index contributed by atoms with van der Waals surface area (Å²) in [5, 5.41) is 2.74. The van der Waals surface area contributed by atoms with E-state index in [1.807, 2.05) is 13.0 Å². The topological polar surface area (TPSA) is 111 Å². The molecule has 2 aromatic carbocycles. The Labute approximate surface area is 178 Å². The Kier molecular flexibility index (Phi) is 5.20. The molecular weight excluding hydrogens is 418 g/mol. The van der Waals surface area contributed by atoms with E-state index in [-0.39, 0.29) is 16.6 Å². The highest BCUT2D eigenvalue weighted by Crippen LogP contribution is 2.33. The van der Waals surface area contributed by atoms with Gasteiger partial charge in [-0.1, -0.05) is 6.07 Å². The number of amides is 1. The Balaban J connectivity index is 1.67. The van der Waals surface area contributed by atoms with Gasteiger partial charge in [0, 0.05) is 24.9 Å². The molecule has 31 heavy (non-hydrogen) atoms. The van der Waals surface area contributed by atoms with E-state index in [0.717, 1.165) is 11.8 Å². The number of sulfone groups is 1. The van der Waals surface area contributed by atoms with Crippen molar-refractivity contribution in [2.45, 2.75) is 18.7 Å². The van der Waals surface area contributed by atoms with Crippen molar-refractivity contribution in [2.75, 3.05) is 11.6 Å². The average molecular weight is 437 g/mol. The molecule has 0 aliphatic carbocycles. The Morgan fingerprint density at radius 3 is 2.45 bits per heavy atom. The normalized spacial score (nSPS) is 11.5. The lowest BCUT2D eigenvalue weighted by Crippen LogP contribution is -2.13. The molecule has 0 saturated carbocycles. The van der Waals surface area contributed by atoms with Crippen LogP contribution in [-0.2, 0) is 9.84 Å². The Hall–Kier alpha value is -3.72. The first-order valence-corrected chi connectivity index (χ1v) is 11.2. The van der Waals surface area contributed by atoms with E-state index < -0.39 is 9.84 Å². The number of ether oxygens (including phenoxy) is 1. The standard InChI is InChI=1S/C22H19N3O5S/c1-13-4-9-20(23-12-13)25-22(26)15-10-18-21(29-14(2)24-18)19(11-15)30-16-5-7-17(8-6-16)31(3,27)28/h4-12H,1-3H3,(H,23,25,26). The molecule has 8 nitrogen and oxygen atoms in total. The fourth-order valence-corrected chi connectivity index (χ4v) is 3.56. The van der Waals surface area contributed by atoms with Crippen LogP contribution in [0.4, 0.5) is 5.82 Å². The summed E-state index contributed by atoms with van der Waals surface area (Å²) < 4.78 is 34.9. The first-order valence-electron chi connectivity index (χ1n) is 9.32. The van der Waals surface area contributed by atoms with Crippen molar-refractivity contribution in [2.24, 2.45) is 0 Å². The van der Waals surface area contributed by atoms with Crippen LogP contribution in [0.2, 0.25) is 0 Å². The predicted octanol–water partition coefficient (Wildman–Crippen LogP) is 4.29. The zero-order valence-corrected chi connectivity index (χ0v) is 17.9. The van der Waals surface area contributed by atoms with Gasteiger partial charge >= 0.3 is 0 Å². The number of oxazole rings is 1. The maximum absolute atomic E-state index is 12.8. The van der Waals surface area contributed by atoms with Crippen LogP contribution in [0.1, 0.15) is 21.8 Å². The quantitative estimate of drug-likeness (QED) is 0.496. The van der Waals surface area contributed by atoms with Gasteiger partial charge in [-0.2, -0.15) is 0 Å². The number of fused-ring (bicyclic) bond motifs is 1. The van der Waals surface area contributed by atoms with Gasteiger partial charge in [-0.25, -0.2) is 18.4 Å². The van der Waals surface area contributed by atoms with Crippen molar-refractivity contribution in [3.05, 3.63) is 71.7 Å². The van der Waals surface area contributed by atoms with E-state index in [2.05, 4.69) is 15.3 Å². The van der Waals surface area contributed by atoms with E-state index >= 15 is 0 Å². The number of nitrogens with one attached hydrogen (secondary N) is 1. The molecule has 1 N–H and O–H groups in total. The number of aryl methyl sites for hydroxylation is 2. The van der Waals surface area contributed by atoms with Gasteiger partial charge in [0.1, 0.15) is 17.1 Å². The van der Waals surface area contributed by atoms with Crippen LogP contribution in [0.25, 0.3) is 11.1 Å². The summed E-state index contributed by atoms with van der Waals surface area (Å²) in [7, 11) is -3.32. The third-order valence-corrected chi connectivity index (χ3v) is 5.59. The Morgan fingerprint density at radius 2 is 1.81 bits per heavy atom. The molecule has 0 radical (unpaired) electrons. The third kappa shape index (κ3) is 4.56. The molecule has 9 heteroatoms. The highest BCUT2D eigenvalue weighted by atomic mass is 32.2. The average Bonchev–Trinajstić information content (AvgIpc) is 3.10. The van der Waals surface area contributed by atoms with Gasteiger partial charge in [-0.3, -0.25) is 4.79 Å². The van der Waals surface area contributed by atoms with E-state index in [1.54, 1.807) is 31.3 Å². The summed E-state index contributed by atoms with van der Waals surface area (Å²) in [6.07, 6.45) is 2.79. The SMILES string of the molecule is Cc1ccc(NC(=O)c2cc(Oc3ccc(S(C)(=O)=O)cc3)c3oc(C)nc3c2)nc1. The van der Waals surface area contributed by atoms with E-state index in [9.17, 15) is 13.2 Å². The monoisotopic (exact) mass is 437 g/mol. The van der Waals surface area contributed by atoms with Gasteiger partial charge < -0.3 is 14.5 Å². The lowest BCUT2D eigenvalue weighted by molar-refractivity contribution is 0.102. The third-order valence-electron chi connectivity index (χ3n) is 4.46. The van der Waals surface area contributed by atoms with Crippen LogP contribution in [0.5, 0.6) is 11.5 Å². The zero-order chi connectivity index (χ0) is 22.2. The molecule has 1 amide bonds. The molecular formula is C22H19N3O5S. The molecule has 0 bridgehead atoms. The lowest BCUT2D eigenvalue weighted by Gasteiger charge is -2.09. The number of hydrogen-bond donors (Lipinski definition) is 1. The molecule has 158 valence electrons. The summed E-state index contributed by atoms with van der Waals surface area (Å²) in [6, 6.07) is 12.7. The van der Waals surface area contributed by atoms with Crippen molar-refractivity contribution < 1.29 is 22.4 Å². The predicted molar refractivity (Wildman–Crippen MR) is 115 cm³/mol. The Bertz CT molecular complexity index is 1380. The second-order valence-corrected chi connectivity index (χ2v) is 9.09. The zero-order valence-electron chi connectivity index (χ0n) is 17.0. The van der Waals surface area contributed by atoms with Gasteiger partial charge in [0.25, 0.3) is 5.91 Å². The number of rotatable bonds is 5. The summed E-state index contributed by atoms with van der Waals surface area (Å²) in [6.45, 7) is 3.60. The molecule has 0 atom stereocenters. The fourth-order valence-electron chi connectivity index (χ4n) is 2.93. The number of carbonyl (C=O) groups is 1. The van der Waals surface area contributed by atoms with E-state index in [0.29, 0.717) is 34.1 Å². The number of aromatic nitrogens is 2. The van der Waals surface area contributed by atoms with Crippen LogP contribution in [0.3, 0.4) is 0 Å². The largest absolute Gasteiger partial charge is 0.453 e. The van der Waals surface area contributed by atoms with Crippen LogP contribution in [0.15, 0.2) is 64.0 Å². The number of benzene rings is 2. The molecule has 0 unspecified atom stereocenters. The number of pyridine rings is 1. The van der Waals surface area contributed by atoms with Gasteiger partial charge in [0.05, 0.1) is 4.90 Å². The molecule has 0 saturated heterocycles. The maximum Gasteiger partial charge on any atom is 0.257 e. The minimum Gasteiger partial charge on any atom is -0.453 e. The van der Waals surface area contributed by atoms with E-state index in [4.69, 9.17) is 9.15 Å². The summed E-state index contributed by atoms with van der Waals surface area (Å²) >= 11 is 0. The molecule has 0 spiro atoms. The van der Waals surface area contributed by atoms with Crippen molar-refractivity contribution in [1.29, 1.82) is 0 Å². The molecule has 2 heterocycles. The fraction of sp³-hybridized carbons (Fsp3) is 0.136. The summed E-state index contributed by atoms with van der Waals surface area (Å²) in [5.74, 6) is 1.14. The van der Waals surface area contributed by atoms with Gasteiger partial charge in [0.2, 0.25) is 0 Å². The molecule has 0 aliphatic heterocycles. The van der Waals surface area contributed by atoms with E-state index in [1.165, 1.54) is 24.3 Å². The molecule has 0 fully saturated rings. The minimum absolute atomic E-state index is 0.180. The van der Waals surface area contributed by atoms with Crippen LogP contribution in [0, 0.1) is 13.8 Å². The number of anilines is 1. The van der Waals surface area contributed by atoms with Gasteiger partial charge in [-0.05, 0) is 55.0 Å². The van der Waals surface area contributed by atoms with Crippen LogP contribution < -0.4 is 10.1 Å². The first-order chi connectivity index (χ1) is 14.7. The molecule has 2 aromatic heterocycles. The second kappa shape index (κ2) is 7.84. The van der Waals surface area contributed by atoms with Crippen molar-refractivity contribution in [3.8, 4) is 11.5 Å². The maximum atomic E-state index is 12.8.